The first-order valence-corrected chi connectivity index (χ1v) is 13.4. The smallest absolute Gasteiger partial charge is 0.278 e. The Hall–Kier alpha value is -4.10. The van der Waals surface area contributed by atoms with E-state index < -0.39 is 41.8 Å². The largest absolute Gasteiger partial charge is 0.394 e. The lowest BCUT2D eigenvalue weighted by Crippen LogP contribution is -2.39. The van der Waals surface area contributed by atoms with Crippen molar-refractivity contribution in [2.75, 3.05) is 11.9 Å². The lowest BCUT2D eigenvalue weighted by molar-refractivity contribution is -0.125. The number of aromatic nitrogens is 5. The minimum absolute atomic E-state index is 0.103. The average molecular weight is 635 g/mol. The van der Waals surface area contributed by atoms with E-state index in [2.05, 4.69) is 25.7 Å². The quantitative estimate of drug-likeness (QED) is 0.210. The number of aliphatic hydroxyl groups is 1. The summed E-state index contributed by atoms with van der Waals surface area (Å²) in [7, 11) is 0. The van der Waals surface area contributed by atoms with Gasteiger partial charge < -0.3 is 15.7 Å². The Bertz CT molecular complexity index is 1860. The average Bonchev–Trinajstić information content (AvgIpc) is 3.38. The van der Waals surface area contributed by atoms with Crippen LogP contribution in [0.4, 0.5) is 20.4 Å². The molecule has 42 heavy (non-hydrogen) atoms. The standard InChI is InChI=1S/C27H20Cl3F2N7O3/c1-13(25(41)35-22(11-40)14-4-16(28)7-18(32)5-14)38-12-34-39-10-15(6-23(39)26(38)42)24-20(30)9-33-27(37-24)36-21-3-2-17(31)8-19(21)29/h2-10,12-13,22,40H,11H2,1H3,(H,35,41)(H,33,36,37). The normalized spacial score (nSPS) is 12.7. The summed E-state index contributed by atoms with van der Waals surface area (Å²) in [5.74, 6) is -1.63. The summed E-state index contributed by atoms with van der Waals surface area (Å²) in [4.78, 5) is 34.9. The monoisotopic (exact) mass is 633 g/mol. The lowest BCUT2D eigenvalue weighted by atomic mass is 10.1. The number of benzene rings is 2. The second-order valence-electron chi connectivity index (χ2n) is 9.16. The van der Waals surface area contributed by atoms with Crippen LogP contribution in [0.15, 0.2) is 66.0 Å². The molecule has 0 saturated heterocycles. The van der Waals surface area contributed by atoms with Crippen LogP contribution in [-0.2, 0) is 4.79 Å². The van der Waals surface area contributed by atoms with Crippen LogP contribution in [0.3, 0.4) is 0 Å². The minimum atomic E-state index is -1.05. The van der Waals surface area contributed by atoms with Crippen molar-refractivity contribution in [1.29, 1.82) is 0 Å². The molecule has 3 aromatic heterocycles. The highest BCUT2D eigenvalue weighted by Crippen LogP contribution is 2.30. The van der Waals surface area contributed by atoms with Crippen LogP contribution >= 0.6 is 34.8 Å². The molecule has 0 bridgehead atoms. The summed E-state index contributed by atoms with van der Waals surface area (Å²) in [6.07, 6.45) is 4.08. The van der Waals surface area contributed by atoms with E-state index in [4.69, 9.17) is 34.8 Å². The highest BCUT2D eigenvalue weighted by atomic mass is 35.5. The molecule has 1 amide bonds. The maximum Gasteiger partial charge on any atom is 0.278 e. The van der Waals surface area contributed by atoms with Gasteiger partial charge in [0.05, 0.1) is 40.3 Å². The number of hydrogen-bond donors (Lipinski definition) is 3. The molecule has 0 aliphatic heterocycles. The van der Waals surface area contributed by atoms with Gasteiger partial charge in [-0.1, -0.05) is 34.8 Å². The fourth-order valence-corrected chi connectivity index (χ4v) is 4.82. The second-order valence-corrected chi connectivity index (χ2v) is 10.4. The Morgan fingerprint density at radius 3 is 2.57 bits per heavy atom. The molecule has 2 atom stereocenters. The molecule has 216 valence electrons. The first kappa shape index (κ1) is 29.4. The summed E-state index contributed by atoms with van der Waals surface area (Å²) in [6.45, 7) is 0.946. The molecule has 15 heteroatoms. The van der Waals surface area contributed by atoms with Gasteiger partial charge in [0.15, 0.2) is 0 Å². The fourth-order valence-electron chi connectivity index (χ4n) is 4.18. The highest BCUT2D eigenvalue weighted by Gasteiger charge is 2.23. The molecule has 5 aromatic rings. The van der Waals surface area contributed by atoms with Crippen LogP contribution in [0, 0.1) is 11.6 Å². The van der Waals surface area contributed by atoms with Gasteiger partial charge in [-0.15, -0.1) is 0 Å². The third-order valence-corrected chi connectivity index (χ3v) is 7.14. The third-order valence-electron chi connectivity index (χ3n) is 6.33. The third kappa shape index (κ3) is 6.07. The molecular formula is C27H20Cl3F2N7O3. The van der Waals surface area contributed by atoms with E-state index in [1.165, 1.54) is 54.4 Å². The molecular weight excluding hydrogens is 615 g/mol. The predicted octanol–water partition coefficient (Wildman–Crippen LogP) is 5.35. The van der Waals surface area contributed by atoms with Gasteiger partial charge in [-0.05, 0) is 55.0 Å². The Morgan fingerprint density at radius 1 is 1.07 bits per heavy atom. The number of anilines is 2. The van der Waals surface area contributed by atoms with Crippen LogP contribution in [0.5, 0.6) is 0 Å². The summed E-state index contributed by atoms with van der Waals surface area (Å²) in [6, 6.07) is 6.96. The van der Waals surface area contributed by atoms with Crippen LogP contribution in [0.25, 0.3) is 16.8 Å². The summed E-state index contributed by atoms with van der Waals surface area (Å²) >= 11 is 18.4. The van der Waals surface area contributed by atoms with Crippen LogP contribution in [0.2, 0.25) is 15.1 Å². The zero-order chi connectivity index (χ0) is 30.1. The van der Waals surface area contributed by atoms with Gasteiger partial charge in [-0.25, -0.2) is 23.3 Å². The number of carbonyl (C=O) groups is 1. The van der Waals surface area contributed by atoms with E-state index in [1.54, 1.807) is 0 Å². The van der Waals surface area contributed by atoms with Gasteiger partial charge in [0, 0.05) is 16.8 Å². The van der Waals surface area contributed by atoms with Crippen molar-refractivity contribution in [3.05, 3.63) is 104 Å². The number of amides is 1. The van der Waals surface area contributed by atoms with Crippen LogP contribution in [0.1, 0.15) is 24.6 Å². The number of rotatable bonds is 8. The number of nitrogens with zero attached hydrogens (tertiary/aromatic N) is 5. The number of nitrogens with one attached hydrogen (secondary N) is 2. The van der Waals surface area contributed by atoms with E-state index in [9.17, 15) is 23.5 Å². The Kier molecular flexibility index (Phi) is 8.41. The molecule has 5 rings (SSSR count). The van der Waals surface area contributed by atoms with Crippen molar-refractivity contribution in [3.63, 3.8) is 0 Å². The van der Waals surface area contributed by atoms with Crippen molar-refractivity contribution >= 4 is 57.9 Å². The Labute approximate surface area is 251 Å². The van der Waals surface area contributed by atoms with Gasteiger partial charge in [0.25, 0.3) is 5.56 Å². The predicted molar refractivity (Wildman–Crippen MR) is 154 cm³/mol. The first-order chi connectivity index (χ1) is 20.0. The maximum absolute atomic E-state index is 13.8. The van der Waals surface area contributed by atoms with Gasteiger partial charge >= 0.3 is 0 Å². The molecule has 0 saturated carbocycles. The molecule has 2 unspecified atom stereocenters. The molecule has 3 N–H and O–H groups in total. The van der Waals surface area contributed by atoms with Crippen molar-refractivity contribution < 1.29 is 18.7 Å². The van der Waals surface area contributed by atoms with E-state index in [0.29, 0.717) is 11.3 Å². The molecule has 0 radical (unpaired) electrons. The number of fused-ring (bicyclic) bond motifs is 1. The van der Waals surface area contributed by atoms with Gasteiger partial charge in [0.2, 0.25) is 11.9 Å². The zero-order valence-electron chi connectivity index (χ0n) is 21.5. The molecule has 0 aliphatic carbocycles. The number of aliphatic hydroxyl groups excluding tert-OH is 1. The summed E-state index contributed by atoms with van der Waals surface area (Å²) < 4.78 is 29.6. The van der Waals surface area contributed by atoms with Crippen molar-refractivity contribution in [1.82, 2.24) is 29.5 Å². The Balaban J connectivity index is 1.41. The number of hydrogen-bond acceptors (Lipinski definition) is 7. The lowest BCUT2D eigenvalue weighted by Gasteiger charge is -2.21. The maximum atomic E-state index is 13.8. The van der Waals surface area contributed by atoms with Crippen LogP contribution in [-0.4, -0.2) is 41.8 Å². The minimum Gasteiger partial charge on any atom is -0.394 e. The summed E-state index contributed by atoms with van der Waals surface area (Å²) in [5, 5.41) is 20.0. The zero-order valence-corrected chi connectivity index (χ0v) is 23.8. The highest BCUT2D eigenvalue weighted by molar-refractivity contribution is 6.33. The van der Waals surface area contributed by atoms with Crippen molar-refractivity contribution in [2.45, 2.75) is 19.0 Å². The van der Waals surface area contributed by atoms with Gasteiger partial charge in [-0.2, -0.15) is 5.10 Å². The fraction of sp³-hybridized carbons (Fsp3) is 0.148. The van der Waals surface area contributed by atoms with E-state index in [-0.39, 0.29) is 37.8 Å². The van der Waals surface area contributed by atoms with Gasteiger partial charge in [-0.3, -0.25) is 14.2 Å². The molecule has 0 fully saturated rings. The van der Waals surface area contributed by atoms with E-state index in [0.717, 1.165) is 22.8 Å². The second kappa shape index (κ2) is 12.0. The molecule has 0 spiro atoms. The molecule has 3 heterocycles. The van der Waals surface area contributed by atoms with Crippen molar-refractivity contribution in [2.24, 2.45) is 0 Å². The van der Waals surface area contributed by atoms with Crippen LogP contribution < -0.4 is 16.2 Å². The summed E-state index contributed by atoms with van der Waals surface area (Å²) in [5.41, 5.74) is 0.905. The van der Waals surface area contributed by atoms with E-state index >= 15 is 0 Å². The molecule has 2 aromatic carbocycles. The first-order valence-electron chi connectivity index (χ1n) is 12.3. The number of carbonyl (C=O) groups excluding carboxylic acids is 1. The molecule has 10 nitrogen and oxygen atoms in total. The molecule has 0 aliphatic rings. The van der Waals surface area contributed by atoms with E-state index in [1.807, 2.05) is 0 Å². The SMILES string of the molecule is CC(C(=O)NC(CO)c1cc(F)cc(Cl)c1)n1cnn2cc(-c3nc(Nc4ccc(F)cc4Cl)ncc3Cl)cc2c1=O. The topological polar surface area (TPSA) is 126 Å². The van der Waals surface area contributed by atoms with Crippen molar-refractivity contribution in [3.8, 4) is 11.3 Å². The van der Waals surface area contributed by atoms with Gasteiger partial charge in [0.1, 0.15) is 29.5 Å². The number of halogens is 5. The Morgan fingerprint density at radius 2 is 1.86 bits per heavy atom.